The van der Waals surface area contributed by atoms with Crippen LogP contribution in [0.15, 0.2) is 22.8 Å². The predicted octanol–water partition coefficient (Wildman–Crippen LogP) is 1.39. The van der Waals surface area contributed by atoms with Crippen LogP contribution in [0.2, 0.25) is 0 Å². The van der Waals surface area contributed by atoms with Gasteiger partial charge in [0.25, 0.3) is 0 Å². The summed E-state index contributed by atoms with van der Waals surface area (Å²) in [7, 11) is 0. The maximum absolute atomic E-state index is 9.80. The molecule has 1 heterocycles. The summed E-state index contributed by atoms with van der Waals surface area (Å²) in [4.78, 5) is 1.99. The van der Waals surface area contributed by atoms with Crippen molar-refractivity contribution in [3.63, 3.8) is 0 Å². The third kappa shape index (κ3) is 5.82. The van der Waals surface area contributed by atoms with Crippen molar-refractivity contribution in [1.82, 2.24) is 4.90 Å². The van der Waals surface area contributed by atoms with E-state index in [0.717, 1.165) is 5.76 Å². The van der Waals surface area contributed by atoms with Crippen LogP contribution < -0.4 is 0 Å². The first-order valence-electron chi connectivity index (χ1n) is 6.13. The van der Waals surface area contributed by atoms with Crippen molar-refractivity contribution in [2.45, 2.75) is 26.0 Å². The predicted molar refractivity (Wildman–Crippen MR) is 66.7 cm³/mol. The molecule has 100 valence electrons. The van der Waals surface area contributed by atoms with E-state index >= 15 is 0 Å². The summed E-state index contributed by atoms with van der Waals surface area (Å²) in [6.45, 7) is 4.48. The highest BCUT2D eigenvalue weighted by Gasteiger charge is 2.13. The number of aliphatic hydroxyl groups excluding tert-OH is 1. The lowest BCUT2D eigenvalue weighted by Gasteiger charge is -2.23. The van der Waals surface area contributed by atoms with E-state index in [4.69, 9.17) is 14.4 Å². The maximum Gasteiger partial charge on any atom is 0.117 e. The van der Waals surface area contributed by atoms with Gasteiger partial charge in [-0.3, -0.25) is 4.90 Å². The minimum Gasteiger partial charge on any atom is -0.468 e. The molecule has 18 heavy (non-hydrogen) atoms. The Balaban J connectivity index is 2.42. The summed E-state index contributed by atoms with van der Waals surface area (Å²) in [6.07, 6.45) is 1.51. The normalized spacial score (nSPS) is 12.6. The van der Waals surface area contributed by atoms with Crippen molar-refractivity contribution in [2.24, 2.45) is 0 Å². The minimum absolute atomic E-state index is 0.317. The molecule has 0 saturated carbocycles. The maximum atomic E-state index is 9.80. The number of aliphatic hydroxyl groups is 1. The number of hydrogen-bond donors (Lipinski definition) is 1. The van der Waals surface area contributed by atoms with Gasteiger partial charge in [-0.25, -0.2) is 0 Å². The second-order valence-corrected chi connectivity index (χ2v) is 4.04. The van der Waals surface area contributed by atoms with Gasteiger partial charge in [0.05, 0.1) is 31.6 Å². The van der Waals surface area contributed by atoms with Gasteiger partial charge in [-0.15, -0.1) is 0 Å². The molecule has 0 aliphatic carbocycles. The fourth-order valence-corrected chi connectivity index (χ4v) is 1.67. The Hall–Kier alpha value is -1.35. The van der Waals surface area contributed by atoms with Crippen LogP contribution in [0.3, 0.4) is 0 Å². The molecule has 5 nitrogen and oxygen atoms in total. The van der Waals surface area contributed by atoms with Gasteiger partial charge >= 0.3 is 0 Å². The Morgan fingerprint density at radius 3 is 3.06 bits per heavy atom. The van der Waals surface area contributed by atoms with Crippen LogP contribution in [0, 0.1) is 11.3 Å². The zero-order chi connectivity index (χ0) is 13.2. The van der Waals surface area contributed by atoms with Crippen LogP contribution in [-0.4, -0.2) is 42.4 Å². The zero-order valence-electron chi connectivity index (χ0n) is 10.7. The molecular formula is C13H20N2O3. The van der Waals surface area contributed by atoms with E-state index in [1.54, 1.807) is 6.26 Å². The van der Waals surface area contributed by atoms with Gasteiger partial charge in [-0.05, 0) is 19.1 Å². The highest BCUT2D eigenvalue weighted by molar-refractivity contribution is 4.98. The third-order valence-electron chi connectivity index (χ3n) is 2.48. The van der Waals surface area contributed by atoms with Gasteiger partial charge in [0.2, 0.25) is 0 Å². The molecular weight excluding hydrogens is 232 g/mol. The van der Waals surface area contributed by atoms with Crippen LogP contribution in [0.5, 0.6) is 0 Å². The van der Waals surface area contributed by atoms with Gasteiger partial charge in [-0.2, -0.15) is 5.26 Å². The fraction of sp³-hybridized carbons (Fsp3) is 0.615. The molecule has 0 amide bonds. The quantitative estimate of drug-likeness (QED) is 0.719. The van der Waals surface area contributed by atoms with E-state index in [1.807, 2.05) is 24.0 Å². The third-order valence-corrected chi connectivity index (χ3v) is 2.48. The zero-order valence-corrected chi connectivity index (χ0v) is 10.7. The second-order valence-electron chi connectivity index (χ2n) is 4.04. The van der Waals surface area contributed by atoms with Crippen molar-refractivity contribution in [3.05, 3.63) is 24.2 Å². The molecule has 0 aromatic carbocycles. The molecule has 0 aliphatic heterocycles. The molecule has 1 aromatic heterocycles. The topological polar surface area (TPSA) is 69.6 Å². The summed E-state index contributed by atoms with van der Waals surface area (Å²) in [5, 5.41) is 18.4. The average Bonchev–Trinajstić information content (AvgIpc) is 2.86. The molecule has 0 fully saturated rings. The average molecular weight is 252 g/mol. The van der Waals surface area contributed by atoms with Crippen molar-refractivity contribution in [2.75, 3.05) is 26.3 Å². The Labute approximate surface area is 108 Å². The van der Waals surface area contributed by atoms with Crippen molar-refractivity contribution < 1.29 is 14.3 Å². The van der Waals surface area contributed by atoms with Crippen LogP contribution in [0.4, 0.5) is 0 Å². The molecule has 1 atom stereocenters. The van der Waals surface area contributed by atoms with Crippen molar-refractivity contribution >= 4 is 0 Å². The summed E-state index contributed by atoms with van der Waals surface area (Å²) >= 11 is 0. The standard InChI is InChI=1S/C13H20N2O3/c1-2-17-11-12(16)9-15(7-4-6-14)10-13-5-3-8-18-13/h3,5,8,12,16H,2,4,7,9-11H2,1H3. The Morgan fingerprint density at radius 1 is 1.61 bits per heavy atom. The van der Waals surface area contributed by atoms with E-state index in [-0.39, 0.29) is 0 Å². The van der Waals surface area contributed by atoms with Crippen LogP contribution in [0.1, 0.15) is 19.1 Å². The first-order valence-corrected chi connectivity index (χ1v) is 6.13. The van der Waals surface area contributed by atoms with E-state index < -0.39 is 6.10 Å². The smallest absolute Gasteiger partial charge is 0.117 e. The summed E-state index contributed by atoms with van der Waals surface area (Å²) in [5.74, 6) is 0.830. The molecule has 0 radical (unpaired) electrons. The monoisotopic (exact) mass is 252 g/mol. The van der Waals surface area contributed by atoms with Gasteiger partial charge < -0.3 is 14.3 Å². The summed E-state index contributed by atoms with van der Waals surface area (Å²) in [6, 6.07) is 5.82. The second kappa shape index (κ2) is 8.70. The van der Waals surface area contributed by atoms with Gasteiger partial charge in [0.1, 0.15) is 5.76 Å². The summed E-state index contributed by atoms with van der Waals surface area (Å²) in [5.41, 5.74) is 0. The minimum atomic E-state index is -0.543. The lowest BCUT2D eigenvalue weighted by Crippen LogP contribution is -2.35. The SMILES string of the molecule is CCOCC(O)CN(CCC#N)Cc1ccco1. The highest BCUT2D eigenvalue weighted by atomic mass is 16.5. The number of nitrogens with zero attached hydrogens (tertiary/aromatic N) is 2. The van der Waals surface area contributed by atoms with Crippen LogP contribution >= 0.6 is 0 Å². The molecule has 1 aromatic rings. The number of ether oxygens (including phenoxy) is 1. The molecule has 1 N–H and O–H groups in total. The van der Waals surface area contributed by atoms with Crippen LogP contribution in [-0.2, 0) is 11.3 Å². The van der Waals surface area contributed by atoms with Gasteiger partial charge in [0, 0.05) is 26.1 Å². The fourth-order valence-electron chi connectivity index (χ4n) is 1.67. The number of furan rings is 1. The Morgan fingerprint density at radius 2 is 2.44 bits per heavy atom. The van der Waals surface area contributed by atoms with Crippen molar-refractivity contribution in [3.8, 4) is 6.07 Å². The molecule has 0 bridgehead atoms. The first-order chi connectivity index (χ1) is 8.76. The molecule has 5 heteroatoms. The molecule has 0 aliphatic rings. The molecule has 1 unspecified atom stereocenters. The molecule has 1 rings (SSSR count). The Kier molecular flexibility index (Phi) is 7.11. The lowest BCUT2D eigenvalue weighted by molar-refractivity contribution is 0.0189. The van der Waals surface area contributed by atoms with E-state index in [2.05, 4.69) is 6.07 Å². The molecule has 0 saturated heterocycles. The summed E-state index contributed by atoms with van der Waals surface area (Å²) < 4.78 is 10.4. The van der Waals surface area contributed by atoms with Gasteiger partial charge in [0.15, 0.2) is 0 Å². The van der Waals surface area contributed by atoms with Crippen LogP contribution in [0.25, 0.3) is 0 Å². The highest BCUT2D eigenvalue weighted by Crippen LogP contribution is 2.07. The largest absolute Gasteiger partial charge is 0.468 e. The van der Waals surface area contributed by atoms with E-state index in [9.17, 15) is 5.11 Å². The van der Waals surface area contributed by atoms with E-state index in [1.165, 1.54) is 0 Å². The first kappa shape index (κ1) is 14.7. The molecule has 0 spiro atoms. The Bertz CT molecular complexity index is 346. The van der Waals surface area contributed by atoms with Crippen molar-refractivity contribution in [1.29, 1.82) is 5.26 Å². The lowest BCUT2D eigenvalue weighted by atomic mass is 10.3. The van der Waals surface area contributed by atoms with Gasteiger partial charge in [-0.1, -0.05) is 0 Å². The number of rotatable bonds is 9. The number of nitriles is 1. The number of hydrogen-bond acceptors (Lipinski definition) is 5. The van der Waals surface area contributed by atoms with E-state index in [0.29, 0.717) is 39.3 Å².